The number of aromatic nitrogens is 4. The fraction of sp³-hybridized carbons (Fsp3) is 0.462. The van der Waals surface area contributed by atoms with Gasteiger partial charge in [0.1, 0.15) is 0 Å². The number of hydrogen-bond acceptors (Lipinski definition) is 4. The quantitative estimate of drug-likeness (QED) is 0.750. The Morgan fingerprint density at radius 2 is 2.06 bits per heavy atom. The van der Waals surface area contributed by atoms with E-state index in [4.69, 9.17) is 0 Å². The molecule has 0 amide bonds. The lowest BCUT2D eigenvalue weighted by atomic mass is 10.1. The van der Waals surface area contributed by atoms with Crippen molar-refractivity contribution in [1.29, 1.82) is 0 Å². The molecule has 0 saturated carbocycles. The Bertz CT molecular complexity index is 469. The predicted octanol–water partition coefficient (Wildman–Crippen LogP) is 3.19. The van der Waals surface area contributed by atoms with Crippen molar-refractivity contribution in [3.8, 4) is 5.69 Å². The molecule has 0 N–H and O–H groups in total. The van der Waals surface area contributed by atoms with Crippen LogP contribution >= 0.6 is 11.8 Å². The highest BCUT2D eigenvalue weighted by atomic mass is 32.2. The highest BCUT2D eigenvalue weighted by Gasteiger charge is 2.09. The second kappa shape index (κ2) is 6.54. The predicted molar refractivity (Wildman–Crippen MR) is 74.0 cm³/mol. The summed E-state index contributed by atoms with van der Waals surface area (Å²) in [5.74, 6) is 1.82. The zero-order valence-corrected chi connectivity index (χ0v) is 11.6. The van der Waals surface area contributed by atoms with E-state index in [1.165, 1.54) is 12.8 Å². The Morgan fingerprint density at radius 1 is 1.28 bits per heavy atom. The van der Waals surface area contributed by atoms with E-state index in [0.717, 1.165) is 22.5 Å². The Labute approximate surface area is 112 Å². The van der Waals surface area contributed by atoms with Gasteiger partial charge in [0.2, 0.25) is 5.16 Å². The molecular weight excluding hydrogens is 244 g/mol. The van der Waals surface area contributed by atoms with Gasteiger partial charge in [-0.25, -0.2) is 0 Å². The van der Waals surface area contributed by atoms with Crippen LogP contribution in [0.2, 0.25) is 0 Å². The van der Waals surface area contributed by atoms with Gasteiger partial charge in [-0.2, -0.15) is 4.68 Å². The molecule has 96 valence electrons. The van der Waals surface area contributed by atoms with Crippen molar-refractivity contribution in [1.82, 2.24) is 20.2 Å². The van der Waals surface area contributed by atoms with Crippen LogP contribution in [-0.2, 0) is 0 Å². The van der Waals surface area contributed by atoms with E-state index in [1.807, 2.05) is 30.3 Å². The van der Waals surface area contributed by atoms with Crippen LogP contribution in [0.4, 0.5) is 0 Å². The molecule has 0 aliphatic heterocycles. The van der Waals surface area contributed by atoms with Crippen LogP contribution in [0, 0.1) is 5.92 Å². The largest absolute Gasteiger partial charge is 0.214 e. The summed E-state index contributed by atoms with van der Waals surface area (Å²) in [6, 6.07) is 9.99. The van der Waals surface area contributed by atoms with E-state index in [-0.39, 0.29) is 0 Å². The minimum atomic E-state index is 0.763. The van der Waals surface area contributed by atoms with E-state index in [2.05, 4.69) is 29.4 Å². The van der Waals surface area contributed by atoms with Crippen LogP contribution < -0.4 is 0 Å². The molecule has 0 saturated heterocycles. The minimum Gasteiger partial charge on any atom is -0.188 e. The number of nitrogens with zero attached hydrogens (tertiary/aromatic N) is 4. The van der Waals surface area contributed by atoms with Crippen molar-refractivity contribution >= 4 is 11.8 Å². The van der Waals surface area contributed by atoms with Crippen molar-refractivity contribution < 1.29 is 0 Å². The van der Waals surface area contributed by atoms with Crippen LogP contribution in [0.3, 0.4) is 0 Å². The number of rotatable bonds is 6. The molecule has 2 rings (SSSR count). The molecule has 0 fully saturated rings. The van der Waals surface area contributed by atoms with Crippen LogP contribution in [-0.4, -0.2) is 26.0 Å². The van der Waals surface area contributed by atoms with Crippen molar-refractivity contribution in [3.05, 3.63) is 30.3 Å². The second-order valence-electron chi connectivity index (χ2n) is 4.36. The van der Waals surface area contributed by atoms with Gasteiger partial charge in [0, 0.05) is 5.75 Å². The van der Waals surface area contributed by atoms with E-state index >= 15 is 0 Å². The fourth-order valence-electron chi connectivity index (χ4n) is 1.56. The normalized spacial score (nSPS) is 12.6. The van der Waals surface area contributed by atoms with E-state index in [1.54, 1.807) is 16.4 Å². The Hall–Kier alpha value is -1.36. The fourth-order valence-corrected chi connectivity index (χ4v) is 2.62. The monoisotopic (exact) mass is 262 g/mol. The van der Waals surface area contributed by atoms with Gasteiger partial charge in [0.15, 0.2) is 0 Å². The van der Waals surface area contributed by atoms with Gasteiger partial charge in [-0.3, -0.25) is 0 Å². The average Bonchev–Trinajstić information content (AvgIpc) is 2.88. The number of tetrazole rings is 1. The van der Waals surface area contributed by atoms with Crippen LogP contribution in [0.1, 0.15) is 26.7 Å². The first-order valence-electron chi connectivity index (χ1n) is 6.28. The molecule has 2 aromatic rings. The lowest BCUT2D eigenvalue weighted by Crippen LogP contribution is -2.00. The third-order valence-electron chi connectivity index (χ3n) is 2.98. The van der Waals surface area contributed by atoms with Crippen LogP contribution in [0.15, 0.2) is 35.5 Å². The van der Waals surface area contributed by atoms with Gasteiger partial charge in [-0.15, -0.1) is 5.10 Å². The van der Waals surface area contributed by atoms with Gasteiger partial charge in [-0.1, -0.05) is 50.2 Å². The molecule has 0 aliphatic carbocycles. The summed E-state index contributed by atoms with van der Waals surface area (Å²) >= 11 is 1.72. The molecule has 0 radical (unpaired) electrons. The smallest absolute Gasteiger partial charge is 0.188 e. The topological polar surface area (TPSA) is 43.6 Å². The van der Waals surface area contributed by atoms with Crippen LogP contribution in [0.25, 0.3) is 5.69 Å². The minimum absolute atomic E-state index is 0.763. The number of hydrogen-bond donors (Lipinski definition) is 0. The zero-order chi connectivity index (χ0) is 12.8. The molecule has 0 bridgehead atoms. The van der Waals surface area contributed by atoms with Crippen molar-refractivity contribution in [3.63, 3.8) is 0 Å². The van der Waals surface area contributed by atoms with Gasteiger partial charge >= 0.3 is 0 Å². The molecule has 1 aromatic heterocycles. The van der Waals surface area contributed by atoms with E-state index in [0.29, 0.717) is 0 Å². The molecule has 18 heavy (non-hydrogen) atoms. The third-order valence-corrected chi connectivity index (χ3v) is 3.93. The summed E-state index contributed by atoms with van der Waals surface area (Å²) in [7, 11) is 0. The summed E-state index contributed by atoms with van der Waals surface area (Å²) in [5, 5.41) is 12.7. The lowest BCUT2D eigenvalue weighted by Gasteiger charge is -2.07. The van der Waals surface area contributed by atoms with Crippen molar-refractivity contribution in [2.24, 2.45) is 5.92 Å². The highest BCUT2D eigenvalue weighted by Crippen LogP contribution is 2.20. The molecule has 1 heterocycles. The highest BCUT2D eigenvalue weighted by molar-refractivity contribution is 7.99. The summed E-state index contributed by atoms with van der Waals surface area (Å²) < 4.78 is 1.79. The first-order valence-corrected chi connectivity index (χ1v) is 7.26. The van der Waals surface area contributed by atoms with E-state index < -0.39 is 0 Å². The molecular formula is C13H18N4S. The van der Waals surface area contributed by atoms with E-state index in [9.17, 15) is 0 Å². The van der Waals surface area contributed by atoms with Crippen LogP contribution in [0.5, 0.6) is 0 Å². The van der Waals surface area contributed by atoms with Crippen molar-refractivity contribution in [2.45, 2.75) is 31.8 Å². The van der Waals surface area contributed by atoms with Crippen molar-refractivity contribution in [2.75, 3.05) is 5.75 Å². The molecule has 1 atom stereocenters. The number of para-hydroxylation sites is 1. The first kappa shape index (κ1) is 13.1. The Kier molecular flexibility index (Phi) is 4.75. The second-order valence-corrected chi connectivity index (χ2v) is 5.42. The van der Waals surface area contributed by atoms with Gasteiger partial charge in [0.25, 0.3) is 0 Å². The molecule has 0 unspecified atom stereocenters. The summed E-state index contributed by atoms with van der Waals surface area (Å²) in [6.45, 7) is 4.50. The molecule has 1 aromatic carbocycles. The molecule has 0 spiro atoms. The number of benzene rings is 1. The molecule has 0 aliphatic rings. The maximum Gasteiger partial charge on any atom is 0.214 e. The van der Waals surface area contributed by atoms with Gasteiger partial charge in [-0.05, 0) is 34.9 Å². The Morgan fingerprint density at radius 3 is 2.78 bits per heavy atom. The molecule has 4 nitrogen and oxygen atoms in total. The number of thioether (sulfide) groups is 1. The summed E-state index contributed by atoms with van der Waals surface area (Å²) in [5.41, 5.74) is 1.01. The Balaban J connectivity index is 2.00. The molecule has 5 heteroatoms. The summed E-state index contributed by atoms with van der Waals surface area (Å²) in [6.07, 6.45) is 2.42. The maximum atomic E-state index is 4.08. The van der Waals surface area contributed by atoms with Gasteiger partial charge in [0.05, 0.1) is 5.69 Å². The third kappa shape index (κ3) is 3.32. The standard InChI is InChI=1S/C13H18N4S/c1-3-11(2)9-10-18-13-14-15-16-17(13)12-7-5-4-6-8-12/h4-8,11H,3,9-10H2,1-2H3/t11-/m1/s1. The zero-order valence-electron chi connectivity index (χ0n) is 10.8. The summed E-state index contributed by atoms with van der Waals surface area (Å²) in [4.78, 5) is 0. The lowest BCUT2D eigenvalue weighted by molar-refractivity contribution is 0.548. The SMILES string of the molecule is CC[C@@H](C)CCSc1nnnn1-c1ccccc1. The first-order chi connectivity index (χ1) is 8.81. The maximum absolute atomic E-state index is 4.08. The van der Waals surface area contributed by atoms with Gasteiger partial charge < -0.3 is 0 Å². The average molecular weight is 262 g/mol.